The Kier molecular flexibility index (Phi) is 4.73. The molecule has 6 heteroatoms. The van der Waals surface area contributed by atoms with Crippen molar-refractivity contribution in [1.29, 1.82) is 0 Å². The number of aromatic amines is 1. The number of rotatable bonds is 4. The molecule has 0 spiro atoms. The molecule has 3 N–H and O–H groups in total. The van der Waals surface area contributed by atoms with Crippen molar-refractivity contribution in [3.05, 3.63) is 35.3 Å². The summed E-state index contributed by atoms with van der Waals surface area (Å²) in [6.07, 6.45) is 0.0953. The van der Waals surface area contributed by atoms with Crippen LogP contribution in [-0.4, -0.2) is 28.9 Å². The first-order chi connectivity index (χ1) is 10.7. The Morgan fingerprint density at radius 3 is 2.57 bits per heavy atom. The van der Waals surface area contributed by atoms with Gasteiger partial charge >= 0.3 is 0 Å². The second-order valence-electron chi connectivity index (χ2n) is 6.67. The van der Waals surface area contributed by atoms with E-state index in [9.17, 15) is 14.0 Å². The van der Waals surface area contributed by atoms with Gasteiger partial charge in [0.05, 0.1) is 13.0 Å². The zero-order chi connectivity index (χ0) is 17.2. The molecule has 2 rings (SSSR count). The van der Waals surface area contributed by atoms with Gasteiger partial charge in [-0.3, -0.25) is 9.59 Å². The third kappa shape index (κ3) is 4.55. The summed E-state index contributed by atoms with van der Waals surface area (Å²) >= 11 is 0. The second kappa shape index (κ2) is 6.40. The molecule has 1 aromatic heterocycles. The molecule has 0 radical (unpaired) electrons. The molecule has 0 aliphatic rings. The van der Waals surface area contributed by atoms with E-state index in [0.29, 0.717) is 5.39 Å². The predicted octanol–water partition coefficient (Wildman–Crippen LogP) is 2.19. The fraction of sp³-hybridized carbons (Fsp3) is 0.412. The molecule has 0 aliphatic heterocycles. The van der Waals surface area contributed by atoms with Gasteiger partial charge < -0.3 is 15.6 Å². The number of carbonyl (C=O) groups excluding carboxylic acids is 2. The quantitative estimate of drug-likeness (QED) is 0.808. The first kappa shape index (κ1) is 17.0. The van der Waals surface area contributed by atoms with E-state index in [2.05, 4.69) is 15.6 Å². The lowest BCUT2D eigenvalue weighted by molar-refractivity contribution is -0.126. The van der Waals surface area contributed by atoms with E-state index in [1.165, 1.54) is 12.1 Å². The number of aryl methyl sites for hydroxylation is 1. The molecule has 23 heavy (non-hydrogen) atoms. The number of fused-ring (bicyclic) bond motifs is 1. The van der Waals surface area contributed by atoms with Crippen LogP contribution in [0.5, 0.6) is 0 Å². The lowest BCUT2D eigenvalue weighted by Crippen LogP contribution is -2.46. The third-order valence-corrected chi connectivity index (χ3v) is 3.38. The maximum atomic E-state index is 13.4. The first-order valence-corrected chi connectivity index (χ1v) is 7.50. The molecule has 0 saturated carbocycles. The van der Waals surface area contributed by atoms with Crippen LogP contribution in [0.2, 0.25) is 0 Å². The number of halogens is 1. The molecule has 124 valence electrons. The fourth-order valence-corrected chi connectivity index (χ4v) is 2.45. The zero-order valence-electron chi connectivity index (χ0n) is 13.8. The number of amides is 2. The van der Waals surface area contributed by atoms with Crippen LogP contribution in [-0.2, 0) is 16.0 Å². The number of benzene rings is 1. The topological polar surface area (TPSA) is 74.0 Å². The molecule has 0 unspecified atom stereocenters. The highest BCUT2D eigenvalue weighted by atomic mass is 19.1. The summed E-state index contributed by atoms with van der Waals surface area (Å²) in [5.74, 6) is -0.863. The average Bonchev–Trinajstić information content (AvgIpc) is 2.71. The minimum Gasteiger partial charge on any atom is -0.358 e. The number of nitrogens with one attached hydrogen (secondary N) is 3. The summed E-state index contributed by atoms with van der Waals surface area (Å²) in [6, 6.07) is 4.43. The van der Waals surface area contributed by atoms with Crippen LogP contribution in [0.25, 0.3) is 10.9 Å². The maximum absolute atomic E-state index is 13.4. The Hall–Kier alpha value is -2.37. The zero-order valence-corrected chi connectivity index (χ0v) is 13.8. The monoisotopic (exact) mass is 319 g/mol. The lowest BCUT2D eigenvalue weighted by Gasteiger charge is -2.20. The van der Waals surface area contributed by atoms with Crippen LogP contribution in [0.1, 0.15) is 32.0 Å². The van der Waals surface area contributed by atoms with Gasteiger partial charge in [0, 0.05) is 22.1 Å². The third-order valence-electron chi connectivity index (χ3n) is 3.38. The molecular formula is C17H22FN3O2. The molecule has 1 heterocycles. The van der Waals surface area contributed by atoms with Gasteiger partial charge in [-0.15, -0.1) is 0 Å². The largest absolute Gasteiger partial charge is 0.358 e. The molecule has 2 amide bonds. The molecule has 0 bridgehead atoms. The van der Waals surface area contributed by atoms with Crippen LogP contribution in [0, 0.1) is 12.7 Å². The van der Waals surface area contributed by atoms with Gasteiger partial charge in [-0.05, 0) is 51.5 Å². The minimum atomic E-state index is -0.345. The predicted molar refractivity (Wildman–Crippen MR) is 87.6 cm³/mol. The number of H-pyrrole nitrogens is 1. The van der Waals surface area contributed by atoms with Crippen molar-refractivity contribution in [2.24, 2.45) is 0 Å². The fourth-order valence-electron chi connectivity index (χ4n) is 2.45. The minimum absolute atomic E-state index is 0.0775. The SMILES string of the molecule is Cc1[nH]c2ccc(F)cc2c1CC(=O)NCC(=O)NC(C)(C)C. The van der Waals surface area contributed by atoms with Crippen molar-refractivity contribution in [2.45, 2.75) is 39.7 Å². The van der Waals surface area contributed by atoms with E-state index in [4.69, 9.17) is 0 Å². The normalized spacial score (nSPS) is 11.5. The molecule has 1 aromatic carbocycles. The van der Waals surface area contributed by atoms with Crippen LogP contribution >= 0.6 is 0 Å². The summed E-state index contributed by atoms with van der Waals surface area (Å²) in [5.41, 5.74) is 2.01. The van der Waals surface area contributed by atoms with Gasteiger partial charge in [0.15, 0.2) is 0 Å². The van der Waals surface area contributed by atoms with Gasteiger partial charge in [-0.1, -0.05) is 0 Å². The van der Waals surface area contributed by atoms with E-state index in [1.54, 1.807) is 6.07 Å². The van der Waals surface area contributed by atoms with Crippen LogP contribution < -0.4 is 10.6 Å². The summed E-state index contributed by atoms with van der Waals surface area (Å²) in [6.45, 7) is 7.38. The van der Waals surface area contributed by atoms with E-state index in [-0.39, 0.29) is 36.1 Å². The van der Waals surface area contributed by atoms with E-state index in [0.717, 1.165) is 16.8 Å². The average molecular weight is 319 g/mol. The Bertz CT molecular complexity index is 744. The van der Waals surface area contributed by atoms with Crippen molar-refractivity contribution in [1.82, 2.24) is 15.6 Å². The first-order valence-electron chi connectivity index (χ1n) is 7.50. The van der Waals surface area contributed by atoms with Gasteiger partial charge in [0.25, 0.3) is 0 Å². The van der Waals surface area contributed by atoms with E-state index in [1.807, 2.05) is 27.7 Å². The molecule has 5 nitrogen and oxygen atoms in total. The summed E-state index contributed by atoms with van der Waals surface area (Å²) in [7, 11) is 0. The lowest BCUT2D eigenvalue weighted by atomic mass is 10.1. The smallest absolute Gasteiger partial charge is 0.239 e. The molecule has 0 fully saturated rings. The summed E-state index contributed by atoms with van der Waals surface area (Å²) in [5, 5.41) is 6.06. The van der Waals surface area contributed by atoms with Gasteiger partial charge in [-0.2, -0.15) is 0 Å². The standard InChI is InChI=1S/C17H22FN3O2/c1-10-12(13-7-11(18)5-6-14(13)20-10)8-15(22)19-9-16(23)21-17(2,3)4/h5-7,20H,8-9H2,1-4H3,(H,19,22)(H,21,23). The van der Waals surface area contributed by atoms with Crippen molar-refractivity contribution < 1.29 is 14.0 Å². The maximum Gasteiger partial charge on any atom is 0.239 e. The molecule has 0 aliphatic carbocycles. The molecule has 2 aromatic rings. The Morgan fingerprint density at radius 2 is 1.91 bits per heavy atom. The van der Waals surface area contributed by atoms with Gasteiger partial charge in [-0.25, -0.2) is 4.39 Å². The van der Waals surface area contributed by atoms with Crippen molar-refractivity contribution in [3.63, 3.8) is 0 Å². The van der Waals surface area contributed by atoms with Crippen LogP contribution in [0.15, 0.2) is 18.2 Å². The Morgan fingerprint density at radius 1 is 1.22 bits per heavy atom. The Balaban J connectivity index is 2.02. The highest BCUT2D eigenvalue weighted by Gasteiger charge is 2.16. The number of hydrogen-bond donors (Lipinski definition) is 3. The number of aromatic nitrogens is 1. The highest BCUT2D eigenvalue weighted by Crippen LogP contribution is 2.23. The van der Waals surface area contributed by atoms with Crippen molar-refractivity contribution in [2.75, 3.05) is 6.54 Å². The van der Waals surface area contributed by atoms with Crippen LogP contribution in [0.4, 0.5) is 4.39 Å². The van der Waals surface area contributed by atoms with Gasteiger partial charge in [0.2, 0.25) is 11.8 Å². The van der Waals surface area contributed by atoms with Crippen molar-refractivity contribution >= 4 is 22.7 Å². The Labute approximate surface area is 134 Å². The highest BCUT2D eigenvalue weighted by molar-refractivity contribution is 5.91. The van der Waals surface area contributed by atoms with Crippen LogP contribution in [0.3, 0.4) is 0 Å². The van der Waals surface area contributed by atoms with Crippen molar-refractivity contribution in [3.8, 4) is 0 Å². The molecule has 0 atom stereocenters. The van der Waals surface area contributed by atoms with E-state index < -0.39 is 0 Å². The molecule has 0 saturated heterocycles. The van der Waals surface area contributed by atoms with Gasteiger partial charge in [0.1, 0.15) is 5.82 Å². The second-order valence-corrected chi connectivity index (χ2v) is 6.67. The molecular weight excluding hydrogens is 297 g/mol. The number of carbonyl (C=O) groups is 2. The van der Waals surface area contributed by atoms with E-state index >= 15 is 0 Å². The summed E-state index contributed by atoms with van der Waals surface area (Å²) in [4.78, 5) is 26.9. The summed E-state index contributed by atoms with van der Waals surface area (Å²) < 4.78 is 13.4. The number of hydrogen-bond acceptors (Lipinski definition) is 2.